The molecule has 1 aliphatic rings. The van der Waals surface area contributed by atoms with Gasteiger partial charge in [0.1, 0.15) is 11.9 Å². The van der Waals surface area contributed by atoms with E-state index in [1.54, 1.807) is 34.4 Å². The second kappa shape index (κ2) is 8.53. The van der Waals surface area contributed by atoms with E-state index in [0.717, 1.165) is 34.2 Å². The highest BCUT2D eigenvalue weighted by Crippen LogP contribution is 2.35. The van der Waals surface area contributed by atoms with Crippen molar-refractivity contribution in [2.75, 3.05) is 13.1 Å². The lowest BCUT2D eigenvalue weighted by Crippen LogP contribution is -2.28. The van der Waals surface area contributed by atoms with Gasteiger partial charge in [-0.2, -0.15) is 4.31 Å². The standard InChI is InChI=1S/C22H25N3O3S2/c1-16(2)29-18-5-7-19(8-6-18)30(27,28)25-11-9-17(14-25)21-15-24(12-13-26)22-20(21)4-3-10-23-22/h3-8,10,13,15-17H,9,11-12,14H2,1-2H3. The molecule has 158 valence electrons. The zero-order valence-electron chi connectivity index (χ0n) is 17.1. The maximum absolute atomic E-state index is 13.2. The Kier molecular flexibility index (Phi) is 5.99. The van der Waals surface area contributed by atoms with Gasteiger partial charge in [0.2, 0.25) is 10.0 Å². The second-order valence-electron chi connectivity index (χ2n) is 7.76. The number of carbonyl (C=O) groups excluding carboxylic acids is 1. The number of carbonyl (C=O) groups is 1. The molecule has 1 atom stereocenters. The molecule has 0 aliphatic carbocycles. The first-order valence-corrected chi connectivity index (χ1v) is 12.4. The summed E-state index contributed by atoms with van der Waals surface area (Å²) < 4.78 is 29.7. The van der Waals surface area contributed by atoms with Gasteiger partial charge in [-0.05, 0) is 48.4 Å². The van der Waals surface area contributed by atoms with E-state index < -0.39 is 10.0 Å². The number of hydrogen-bond acceptors (Lipinski definition) is 5. The summed E-state index contributed by atoms with van der Waals surface area (Å²) in [4.78, 5) is 16.8. The Labute approximate surface area is 181 Å². The molecule has 8 heteroatoms. The van der Waals surface area contributed by atoms with Crippen molar-refractivity contribution in [2.45, 2.75) is 47.8 Å². The normalized spacial score (nSPS) is 17.8. The Morgan fingerprint density at radius 3 is 2.70 bits per heavy atom. The number of aromatic nitrogens is 2. The molecule has 30 heavy (non-hydrogen) atoms. The molecule has 0 N–H and O–H groups in total. The quantitative estimate of drug-likeness (QED) is 0.409. The summed E-state index contributed by atoms with van der Waals surface area (Å²) in [5.74, 6) is 0.0788. The van der Waals surface area contributed by atoms with Crippen LogP contribution in [0.15, 0.2) is 58.6 Å². The molecule has 1 aliphatic heterocycles. The molecular formula is C22H25N3O3S2. The lowest BCUT2D eigenvalue weighted by molar-refractivity contribution is -0.108. The third-order valence-corrected chi connectivity index (χ3v) is 8.26. The van der Waals surface area contributed by atoms with Crippen molar-refractivity contribution in [3.63, 3.8) is 0 Å². The third kappa shape index (κ3) is 4.04. The fraction of sp³-hybridized carbons (Fsp3) is 0.364. The molecule has 2 aromatic heterocycles. The summed E-state index contributed by atoms with van der Waals surface area (Å²) in [5, 5.41) is 1.43. The van der Waals surface area contributed by atoms with Gasteiger partial charge in [-0.3, -0.25) is 0 Å². The lowest BCUT2D eigenvalue weighted by Gasteiger charge is -2.17. The van der Waals surface area contributed by atoms with Gasteiger partial charge in [0, 0.05) is 46.9 Å². The van der Waals surface area contributed by atoms with Crippen LogP contribution in [0.2, 0.25) is 0 Å². The van der Waals surface area contributed by atoms with Gasteiger partial charge in [0.15, 0.2) is 0 Å². The molecule has 1 aromatic carbocycles. The fourth-order valence-corrected chi connectivity index (χ4v) is 6.34. The van der Waals surface area contributed by atoms with Crippen LogP contribution in [0, 0.1) is 0 Å². The maximum atomic E-state index is 13.2. The van der Waals surface area contributed by atoms with Crippen LogP contribution in [0.5, 0.6) is 0 Å². The summed E-state index contributed by atoms with van der Waals surface area (Å²) in [6.07, 6.45) is 5.25. The fourth-order valence-electron chi connectivity index (χ4n) is 4.01. The van der Waals surface area contributed by atoms with Crippen LogP contribution in [0.3, 0.4) is 0 Å². The van der Waals surface area contributed by atoms with E-state index in [1.165, 1.54) is 0 Å². The van der Waals surface area contributed by atoms with E-state index in [2.05, 4.69) is 18.8 Å². The molecule has 0 amide bonds. The van der Waals surface area contributed by atoms with E-state index in [0.29, 0.717) is 23.2 Å². The Balaban J connectivity index is 1.57. The van der Waals surface area contributed by atoms with Gasteiger partial charge in [-0.1, -0.05) is 13.8 Å². The smallest absolute Gasteiger partial charge is 0.243 e. The number of sulfonamides is 1. The van der Waals surface area contributed by atoms with Crippen LogP contribution in [-0.4, -0.2) is 46.9 Å². The van der Waals surface area contributed by atoms with Crippen molar-refractivity contribution >= 4 is 39.1 Å². The summed E-state index contributed by atoms with van der Waals surface area (Å²) in [6.45, 7) is 5.38. The highest BCUT2D eigenvalue weighted by atomic mass is 32.2. The minimum Gasteiger partial charge on any atom is -0.325 e. The van der Waals surface area contributed by atoms with Crippen LogP contribution in [0.1, 0.15) is 31.7 Å². The van der Waals surface area contributed by atoms with Crippen LogP contribution >= 0.6 is 11.8 Å². The van der Waals surface area contributed by atoms with Gasteiger partial charge in [-0.15, -0.1) is 11.8 Å². The minimum absolute atomic E-state index is 0.0788. The Hall–Kier alpha value is -2.16. The van der Waals surface area contributed by atoms with Gasteiger partial charge in [0.25, 0.3) is 0 Å². The molecular weight excluding hydrogens is 418 g/mol. The SMILES string of the molecule is CC(C)Sc1ccc(S(=O)(=O)N2CCC(c3cn(CC=O)c4ncccc34)C2)cc1. The average Bonchev–Trinajstić information content (AvgIpc) is 3.34. The highest BCUT2D eigenvalue weighted by Gasteiger charge is 2.34. The molecule has 0 spiro atoms. The van der Waals surface area contributed by atoms with Crippen molar-refractivity contribution in [1.82, 2.24) is 13.9 Å². The van der Waals surface area contributed by atoms with Gasteiger partial charge < -0.3 is 9.36 Å². The molecule has 3 aromatic rings. The summed E-state index contributed by atoms with van der Waals surface area (Å²) in [7, 11) is -3.54. The number of rotatable bonds is 7. The number of pyridine rings is 1. The van der Waals surface area contributed by atoms with E-state index >= 15 is 0 Å². The highest BCUT2D eigenvalue weighted by molar-refractivity contribution is 7.99. The minimum atomic E-state index is -3.54. The average molecular weight is 444 g/mol. The first-order valence-electron chi connectivity index (χ1n) is 10.0. The third-order valence-electron chi connectivity index (χ3n) is 5.36. The van der Waals surface area contributed by atoms with E-state index in [-0.39, 0.29) is 12.5 Å². The van der Waals surface area contributed by atoms with E-state index in [1.807, 2.05) is 35.0 Å². The van der Waals surface area contributed by atoms with Gasteiger partial charge >= 0.3 is 0 Å². The number of hydrogen-bond donors (Lipinski definition) is 0. The van der Waals surface area contributed by atoms with Crippen LogP contribution in [-0.2, 0) is 21.4 Å². The van der Waals surface area contributed by atoms with E-state index in [4.69, 9.17) is 0 Å². The molecule has 0 saturated carbocycles. The summed E-state index contributed by atoms with van der Waals surface area (Å²) >= 11 is 1.71. The maximum Gasteiger partial charge on any atom is 0.243 e. The summed E-state index contributed by atoms with van der Waals surface area (Å²) in [6, 6.07) is 11.0. The number of nitrogens with zero attached hydrogens (tertiary/aromatic N) is 3. The largest absolute Gasteiger partial charge is 0.325 e. The molecule has 1 unspecified atom stereocenters. The lowest BCUT2D eigenvalue weighted by atomic mass is 9.99. The predicted molar refractivity (Wildman–Crippen MR) is 119 cm³/mol. The molecule has 0 bridgehead atoms. The molecule has 1 fully saturated rings. The van der Waals surface area contributed by atoms with Gasteiger partial charge in [0.05, 0.1) is 11.4 Å². The van der Waals surface area contributed by atoms with E-state index in [9.17, 15) is 13.2 Å². The molecule has 1 saturated heterocycles. The second-order valence-corrected chi connectivity index (χ2v) is 11.4. The van der Waals surface area contributed by atoms with Gasteiger partial charge in [-0.25, -0.2) is 13.4 Å². The molecule has 3 heterocycles. The first kappa shape index (κ1) is 21.1. The molecule has 4 rings (SSSR count). The number of fused-ring (bicyclic) bond motifs is 1. The Bertz CT molecular complexity index is 1150. The number of benzene rings is 1. The van der Waals surface area contributed by atoms with Crippen LogP contribution in [0.4, 0.5) is 0 Å². The zero-order valence-corrected chi connectivity index (χ0v) is 18.7. The Morgan fingerprint density at radius 2 is 2.00 bits per heavy atom. The van der Waals surface area contributed by atoms with Crippen molar-refractivity contribution < 1.29 is 13.2 Å². The predicted octanol–water partition coefficient (Wildman–Crippen LogP) is 3.91. The van der Waals surface area contributed by atoms with Crippen molar-refractivity contribution in [3.8, 4) is 0 Å². The van der Waals surface area contributed by atoms with Crippen LogP contribution < -0.4 is 0 Å². The van der Waals surface area contributed by atoms with Crippen molar-refractivity contribution in [3.05, 3.63) is 54.4 Å². The number of aldehydes is 1. The first-order chi connectivity index (χ1) is 14.4. The molecule has 6 nitrogen and oxygen atoms in total. The molecule has 0 radical (unpaired) electrons. The van der Waals surface area contributed by atoms with Crippen molar-refractivity contribution in [2.24, 2.45) is 0 Å². The van der Waals surface area contributed by atoms with Crippen LogP contribution in [0.25, 0.3) is 11.0 Å². The van der Waals surface area contributed by atoms with Crippen molar-refractivity contribution in [1.29, 1.82) is 0 Å². The topological polar surface area (TPSA) is 72.3 Å². The number of thioether (sulfide) groups is 1. The Morgan fingerprint density at radius 1 is 1.23 bits per heavy atom. The summed E-state index contributed by atoms with van der Waals surface area (Å²) in [5.41, 5.74) is 1.82. The monoisotopic (exact) mass is 443 g/mol. The zero-order chi connectivity index (χ0) is 21.3.